The molecule has 0 heterocycles. The van der Waals surface area contributed by atoms with E-state index in [1.54, 1.807) is 32.9 Å². The molecule has 0 saturated carbocycles. The summed E-state index contributed by atoms with van der Waals surface area (Å²) in [5.41, 5.74) is 5.72. The Labute approximate surface area is 107 Å². The SMILES string of the molecule is COc1cc(N)c(C(=O)OC(C)(C)C)c(OC)c1. The Morgan fingerprint density at radius 1 is 1.17 bits per heavy atom. The first-order valence-electron chi connectivity index (χ1n) is 5.53. The number of nitrogen functional groups attached to an aromatic ring is 1. The van der Waals surface area contributed by atoms with Crippen LogP contribution in [0.25, 0.3) is 0 Å². The number of nitrogens with two attached hydrogens (primary N) is 1. The molecule has 5 heteroatoms. The van der Waals surface area contributed by atoms with Crippen LogP contribution in [0.4, 0.5) is 5.69 Å². The lowest BCUT2D eigenvalue weighted by atomic mass is 10.1. The largest absolute Gasteiger partial charge is 0.497 e. The van der Waals surface area contributed by atoms with Gasteiger partial charge in [0, 0.05) is 12.1 Å². The molecule has 1 aromatic carbocycles. The molecule has 18 heavy (non-hydrogen) atoms. The highest BCUT2D eigenvalue weighted by molar-refractivity contribution is 5.98. The Kier molecular flexibility index (Phi) is 4.06. The van der Waals surface area contributed by atoms with E-state index in [1.165, 1.54) is 14.2 Å². The van der Waals surface area contributed by atoms with Gasteiger partial charge in [0.15, 0.2) is 0 Å². The van der Waals surface area contributed by atoms with Crippen LogP contribution in [0, 0.1) is 0 Å². The van der Waals surface area contributed by atoms with Crippen molar-refractivity contribution in [1.82, 2.24) is 0 Å². The highest BCUT2D eigenvalue weighted by Gasteiger charge is 2.24. The third-order valence-corrected chi connectivity index (χ3v) is 2.16. The number of esters is 1. The lowest BCUT2D eigenvalue weighted by molar-refractivity contribution is 0.00679. The second-order valence-corrected chi connectivity index (χ2v) is 4.80. The van der Waals surface area contributed by atoms with Crippen molar-refractivity contribution in [3.63, 3.8) is 0 Å². The van der Waals surface area contributed by atoms with Crippen LogP contribution < -0.4 is 15.2 Å². The van der Waals surface area contributed by atoms with Gasteiger partial charge in [-0.15, -0.1) is 0 Å². The fourth-order valence-electron chi connectivity index (χ4n) is 1.44. The molecule has 0 unspecified atom stereocenters. The zero-order valence-corrected chi connectivity index (χ0v) is 11.4. The van der Waals surface area contributed by atoms with Crippen molar-refractivity contribution in [2.75, 3.05) is 20.0 Å². The molecule has 0 aliphatic heterocycles. The summed E-state index contributed by atoms with van der Waals surface area (Å²) < 4.78 is 15.5. The fraction of sp³-hybridized carbons (Fsp3) is 0.462. The number of methoxy groups -OCH3 is 2. The molecule has 0 bridgehead atoms. The molecule has 0 aromatic heterocycles. The van der Waals surface area contributed by atoms with E-state index in [9.17, 15) is 4.79 Å². The Morgan fingerprint density at radius 2 is 1.78 bits per heavy atom. The number of carbonyl (C=O) groups excluding carboxylic acids is 1. The van der Waals surface area contributed by atoms with Gasteiger partial charge in [-0.25, -0.2) is 4.79 Å². The normalized spacial score (nSPS) is 10.9. The van der Waals surface area contributed by atoms with Crippen LogP contribution in [0.2, 0.25) is 0 Å². The van der Waals surface area contributed by atoms with Gasteiger partial charge < -0.3 is 19.9 Å². The topological polar surface area (TPSA) is 70.8 Å². The molecule has 1 aromatic rings. The number of hydrogen-bond donors (Lipinski definition) is 1. The molecular formula is C13H19NO4. The van der Waals surface area contributed by atoms with Crippen molar-refractivity contribution < 1.29 is 19.0 Å². The highest BCUT2D eigenvalue weighted by Crippen LogP contribution is 2.32. The van der Waals surface area contributed by atoms with Gasteiger partial charge in [-0.05, 0) is 20.8 Å². The number of hydrogen-bond acceptors (Lipinski definition) is 5. The molecule has 0 fully saturated rings. The van der Waals surface area contributed by atoms with E-state index in [4.69, 9.17) is 19.9 Å². The van der Waals surface area contributed by atoms with Gasteiger partial charge in [-0.1, -0.05) is 0 Å². The first kappa shape index (κ1) is 14.2. The van der Waals surface area contributed by atoms with E-state index in [0.29, 0.717) is 11.5 Å². The average molecular weight is 253 g/mol. The van der Waals surface area contributed by atoms with Crippen molar-refractivity contribution in [3.05, 3.63) is 17.7 Å². The summed E-state index contributed by atoms with van der Waals surface area (Å²) in [7, 11) is 2.98. The van der Waals surface area contributed by atoms with Crippen LogP contribution in [-0.2, 0) is 4.74 Å². The third kappa shape index (κ3) is 3.29. The van der Waals surface area contributed by atoms with Crippen molar-refractivity contribution in [2.24, 2.45) is 0 Å². The maximum Gasteiger partial charge on any atom is 0.344 e. The fourth-order valence-corrected chi connectivity index (χ4v) is 1.44. The van der Waals surface area contributed by atoms with Gasteiger partial charge in [0.1, 0.15) is 22.7 Å². The van der Waals surface area contributed by atoms with Crippen LogP contribution in [-0.4, -0.2) is 25.8 Å². The zero-order chi connectivity index (χ0) is 13.9. The Morgan fingerprint density at radius 3 is 2.22 bits per heavy atom. The standard InChI is InChI=1S/C13H19NO4/c1-13(2,3)18-12(15)11-9(14)6-8(16-4)7-10(11)17-5/h6-7H,14H2,1-5H3. The second-order valence-electron chi connectivity index (χ2n) is 4.80. The molecule has 100 valence electrons. The average Bonchev–Trinajstić information content (AvgIpc) is 2.24. The van der Waals surface area contributed by atoms with E-state index in [0.717, 1.165) is 0 Å². The molecular weight excluding hydrogens is 234 g/mol. The molecule has 2 N–H and O–H groups in total. The number of ether oxygens (including phenoxy) is 3. The molecule has 5 nitrogen and oxygen atoms in total. The van der Waals surface area contributed by atoms with Crippen molar-refractivity contribution in [1.29, 1.82) is 0 Å². The number of rotatable bonds is 3. The maximum absolute atomic E-state index is 12.0. The number of benzene rings is 1. The summed E-state index contributed by atoms with van der Waals surface area (Å²) in [5.74, 6) is 0.345. The molecule has 0 amide bonds. The van der Waals surface area contributed by atoms with Gasteiger partial charge in [-0.3, -0.25) is 0 Å². The maximum atomic E-state index is 12.0. The van der Waals surface area contributed by atoms with Gasteiger partial charge >= 0.3 is 5.97 Å². The minimum absolute atomic E-state index is 0.216. The Hall–Kier alpha value is -1.91. The van der Waals surface area contributed by atoms with Crippen molar-refractivity contribution in [2.45, 2.75) is 26.4 Å². The van der Waals surface area contributed by atoms with Crippen LogP contribution in [0.15, 0.2) is 12.1 Å². The molecule has 0 radical (unpaired) electrons. The molecule has 0 spiro atoms. The quantitative estimate of drug-likeness (QED) is 0.660. The van der Waals surface area contributed by atoms with E-state index in [-0.39, 0.29) is 11.3 Å². The summed E-state index contributed by atoms with van der Waals surface area (Å²) in [6.45, 7) is 5.37. The zero-order valence-electron chi connectivity index (χ0n) is 11.4. The van der Waals surface area contributed by atoms with Crippen molar-refractivity contribution in [3.8, 4) is 11.5 Å². The second kappa shape index (κ2) is 5.16. The Balaban J connectivity index is 3.19. The summed E-state index contributed by atoms with van der Waals surface area (Å²) >= 11 is 0. The lowest BCUT2D eigenvalue weighted by Crippen LogP contribution is -2.24. The van der Waals surface area contributed by atoms with Crippen LogP contribution in [0.1, 0.15) is 31.1 Å². The Bertz CT molecular complexity index is 449. The van der Waals surface area contributed by atoms with E-state index >= 15 is 0 Å². The molecule has 0 aliphatic carbocycles. The van der Waals surface area contributed by atoms with Gasteiger partial charge in [0.05, 0.1) is 19.9 Å². The first-order valence-corrected chi connectivity index (χ1v) is 5.53. The lowest BCUT2D eigenvalue weighted by Gasteiger charge is -2.21. The molecule has 0 atom stereocenters. The predicted molar refractivity (Wildman–Crippen MR) is 69.1 cm³/mol. The van der Waals surface area contributed by atoms with Crippen molar-refractivity contribution >= 4 is 11.7 Å². The monoisotopic (exact) mass is 253 g/mol. The predicted octanol–water partition coefficient (Wildman–Crippen LogP) is 2.24. The minimum atomic E-state index is -0.589. The summed E-state index contributed by atoms with van der Waals surface area (Å²) in [6, 6.07) is 3.15. The van der Waals surface area contributed by atoms with Gasteiger partial charge in [0.25, 0.3) is 0 Å². The minimum Gasteiger partial charge on any atom is -0.497 e. The summed E-state index contributed by atoms with van der Waals surface area (Å²) in [6.07, 6.45) is 0. The third-order valence-electron chi connectivity index (χ3n) is 2.16. The van der Waals surface area contributed by atoms with E-state index < -0.39 is 11.6 Å². The van der Waals surface area contributed by atoms with Crippen LogP contribution in [0.5, 0.6) is 11.5 Å². The summed E-state index contributed by atoms with van der Waals surface area (Å²) in [5, 5.41) is 0. The van der Waals surface area contributed by atoms with E-state index in [1.807, 2.05) is 0 Å². The highest BCUT2D eigenvalue weighted by atomic mass is 16.6. The smallest absolute Gasteiger partial charge is 0.344 e. The molecule has 0 aliphatic rings. The number of carbonyl (C=O) groups is 1. The molecule has 1 rings (SSSR count). The van der Waals surface area contributed by atoms with Gasteiger partial charge in [0.2, 0.25) is 0 Å². The molecule has 0 saturated heterocycles. The first-order chi connectivity index (χ1) is 8.28. The summed E-state index contributed by atoms with van der Waals surface area (Å²) in [4.78, 5) is 12.0. The van der Waals surface area contributed by atoms with Crippen LogP contribution in [0.3, 0.4) is 0 Å². The van der Waals surface area contributed by atoms with E-state index in [2.05, 4.69) is 0 Å². The van der Waals surface area contributed by atoms with Crippen LogP contribution >= 0.6 is 0 Å². The number of anilines is 1. The van der Waals surface area contributed by atoms with Gasteiger partial charge in [-0.2, -0.15) is 0 Å².